The molecular weight excluding hydrogens is 316 g/mol. The van der Waals surface area contributed by atoms with Crippen molar-refractivity contribution >= 4 is 0 Å². The number of rotatable bonds is 7. The predicted molar refractivity (Wildman–Crippen MR) is 94.4 cm³/mol. The second-order valence-corrected chi connectivity index (χ2v) is 7.24. The van der Waals surface area contributed by atoms with Crippen molar-refractivity contribution in [1.82, 2.24) is 19.9 Å². The van der Waals surface area contributed by atoms with Gasteiger partial charge in [0.15, 0.2) is 0 Å². The fourth-order valence-corrected chi connectivity index (χ4v) is 3.60. The SMILES string of the molecule is COc1ccc(CN2Cc3nnn(C)c3C(COCC3CC3)C2)cc1. The van der Waals surface area contributed by atoms with E-state index >= 15 is 0 Å². The van der Waals surface area contributed by atoms with Crippen LogP contribution in [-0.2, 0) is 24.9 Å². The first-order valence-corrected chi connectivity index (χ1v) is 9.04. The van der Waals surface area contributed by atoms with E-state index in [9.17, 15) is 0 Å². The van der Waals surface area contributed by atoms with Crippen LogP contribution in [0.5, 0.6) is 5.75 Å². The van der Waals surface area contributed by atoms with Gasteiger partial charge in [-0.25, -0.2) is 0 Å². The van der Waals surface area contributed by atoms with Crippen LogP contribution in [0.4, 0.5) is 0 Å². The van der Waals surface area contributed by atoms with E-state index in [1.54, 1.807) is 7.11 Å². The van der Waals surface area contributed by atoms with Gasteiger partial charge in [0.25, 0.3) is 0 Å². The molecule has 0 amide bonds. The van der Waals surface area contributed by atoms with Crippen molar-refractivity contribution in [3.8, 4) is 5.75 Å². The summed E-state index contributed by atoms with van der Waals surface area (Å²) < 4.78 is 13.2. The summed E-state index contributed by atoms with van der Waals surface area (Å²) in [4.78, 5) is 2.43. The van der Waals surface area contributed by atoms with Crippen molar-refractivity contribution in [2.45, 2.75) is 31.8 Å². The van der Waals surface area contributed by atoms with Gasteiger partial charge in [-0.15, -0.1) is 5.10 Å². The third kappa shape index (κ3) is 3.85. The molecule has 1 aromatic carbocycles. The molecule has 1 aliphatic heterocycles. The van der Waals surface area contributed by atoms with E-state index in [2.05, 4.69) is 27.3 Å². The van der Waals surface area contributed by atoms with Gasteiger partial charge in [0.05, 0.1) is 19.4 Å². The zero-order valence-corrected chi connectivity index (χ0v) is 15.0. The Bertz CT molecular complexity index is 709. The quantitative estimate of drug-likeness (QED) is 0.773. The fourth-order valence-electron chi connectivity index (χ4n) is 3.60. The lowest BCUT2D eigenvalue weighted by atomic mass is 9.98. The number of ether oxygens (including phenoxy) is 2. The Morgan fingerprint density at radius 3 is 2.68 bits per heavy atom. The molecule has 0 spiro atoms. The highest BCUT2D eigenvalue weighted by Gasteiger charge is 2.31. The molecule has 1 unspecified atom stereocenters. The van der Waals surface area contributed by atoms with Crippen LogP contribution in [0, 0.1) is 5.92 Å². The van der Waals surface area contributed by atoms with E-state index in [4.69, 9.17) is 9.47 Å². The molecule has 1 aromatic heterocycles. The number of hydrogen-bond donors (Lipinski definition) is 0. The maximum absolute atomic E-state index is 6.00. The summed E-state index contributed by atoms with van der Waals surface area (Å²) in [6.07, 6.45) is 2.65. The number of aryl methyl sites for hydroxylation is 1. The summed E-state index contributed by atoms with van der Waals surface area (Å²) in [6, 6.07) is 8.29. The van der Waals surface area contributed by atoms with E-state index in [0.717, 1.165) is 50.2 Å². The van der Waals surface area contributed by atoms with Crippen molar-refractivity contribution in [3.63, 3.8) is 0 Å². The minimum absolute atomic E-state index is 0.334. The summed E-state index contributed by atoms with van der Waals surface area (Å²) in [5.41, 5.74) is 3.61. The maximum atomic E-state index is 6.00. The van der Waals surface area contributed by atoms with Gasteiger partial charge in [0.1, 0.15) is 11.4 Å². The molecule has 0 saturated heterocycles. The molecule has 0 radical (unpaired) electrons. The van der Waals surface area contributed by atoms with E-state index in [1.165, 1.54) is 24.1 Å². The lowest BCUT2D eigenvalue weighted by molar-refractivity contribution is 0.0866. The molecule has 2 aromatic rings. The normalized spacial score (nSPS) is 20.5. The number of hydrogen-bond acceptors (Lipinski definition) is 5. The number of benzene rings is 1. The minimum Gasteiger partial charge on any atom is -0.497 e. The van der Waals surface area contributed by atoms with Crippen LogP contribution >= 0.6 is 0 Å². The van der Waals surface area contributed by atoms with Crippen LogP contribution in [0.25, 0.3) is 0 Å². The molecule has 0 N–H and O–H groups in total. The lowest BCUT2D eigenvalue weighted by Crippen LogP contribution is -2.36. The van der Waals surface area contributed by atoms with Crippen molar-refractivity contribution in [1.29, 1.82) is 0 Å². The summed E-state index contributed by atoms with van der Waals surface area (Å²) in [6.45, 7) is 4.37. The van der Waals surface area contributed by atoms with E-state index in [0.29, 0.717) is 5.92 Å². The maximum Gasteiger partial charge on any atom is 0.118 e. The summed E-state index contributed by atoms with van der Waals surface area (Å²) in [5.74, 6) is 2.02. The van der Waals surface area contributed by atoms with Crippen molar-refractivity contribution in [2.24, 2.45) is 13.0 Å². The van der Waals surface area contributed by atoms with Gasteiger partial charge in [0.2, 0.25) is 0 Å². The molecule has 2 heterocycles. The molecule has 0 bridgehead atoms. The largest absolute Gasteiger partial charge is 0.497 e. The van der Waals surface area contributed by atoms with E-state index < -0.39 is 0 Å². The van der Waals surface area contributed by atoms with Crippen LogP contribution in [-0.4, -0.2) is 46.8 Å². The van der Waals surface area contributed by atoms with Gasteiger partial charge in [-0.05, 0) is 36.5 Å². The van der Waals surface area contributed by atoms with Gasteiger partial charge in [0, 0.05) is 39.2 Å². The molecule has 1 atom stereocenters. The van der Waals surface area contributed by atoms with Crippen molar-refractivity contribution in [2.75, 3.05) is 26.9 Å². The Balaban J connectivity index is 1.44. The highest BCUT2D eigenvalue weighted by atomic mass is 16.5. The third-order valence-corrected chi connectivity index (χ3v) is 5.12. The minimum atomic E-state index is 0.334. The Labute approximate surface area is 148 Å². The molecular formula is C19H26N4O2. The van der Waals surface area contributed by atoms with Crippen molar-refractivity contribution in [3.05, 3.63) is 41.2 Å². The molecule has 1 saturated carbocycles. The van der Waals surface area contributed by atoms with E-state index in [1.807, 2.05) is 23.9 Å². The second-order valence-electron chi connectivity index (χ2n) is 7.24. The predicted octanol–water partition coefficient (Wildman–Crippen LogP) is 2.35. The monoisotopic (exact) mass is 342 g/mol. The van der Waals surface area contributed by atoms with Gasteiger partial charge in [-0.2, -0.15) is 0 Å². The second kappa shape index (κ2) is 7.14. The Kier molecular flexibility index (Phi) is 4.72. The first-order valence-electron chi connectivity index (χ1n) is 9.04. The summed E-state index contributed by atoms with van der Waals surface area (Å²) in [5, 5.41) is 8.61. The zero-order valence-electron chi connectivity index (χ0n) is 15.0. The number of nitrogens with zero attached hydrogens (tertiary/aromatic N) is 4. The van der Waals surface area contributed by atoms with Crippen LogP contribution in [0.1, 0.15) is 35.7 Å². The average molecular weight is 342 g/mol. The van der Waals surface area contributed by atoms with Gasteiger partial charge in [-0.3, -0.25) is 9.58 Å². The van der Waals surface area contributed by atoms with Crippen LogP contribution in [0.3, 0.4) is 0 Å². The first-order chi connectivity index (χ1) is 12.2. The number of fused-ring (bicyclic) bond motifs is 1. The number of methoxy groups -OCH3 is 1. The molecule has 1 fully saturated rings. The Morgan fingerprint density at radius 1 is 1.16 bits per heavy atom. The summed E-state index contributed by atoms with van der Waals surface area (Å²) in [7, 11) is 3.68. The molecule has 134 valence electrons. The fraction of sp³-hybridized carbons (Fsp3) is 0.579. The molecule has 6 heteroatoms. The molecule has 25 heavy (non-hydrogen) atoms. The van der Waals surface area contributed by atoms with Gasteiger partial charge in [-0.1, -0.05) is 17.3 Å². The molecule has 4 rings (SSSR count). The van der Waals surface area contributed by atoms with Crippen LogP contribution < -0.4 is 4.74 Å². The molecule has 1 aliphatic carbocycles. The van der Waals surface area contributed by atoms with Crippen LogP contribution in [0.2, 0.25) is 0 Å². The highest BCUT2D eigenvalue weighted by molar-refractivity contribution is 5.27. The molecule has 2 aliphatic rings. The van der Waals surface area contributed by atoms with Crippen molar-refractivity contribution < 1.29 is 9.47 Å². The van der Waals surface area contributed by atoms with Crippen LogP contribution in [0.15, 0.2) is 24.3 Å². The smallest absolute Gasteiger partial charge is 0.118 e. The standard InChI is InChI=1S/C19H26N4O2/c1-22-19-16(13-25-12-15-3-4-15)10-23(11-18(19)20-21-22)9-14-5-7-17(24-2)8-6-14/h5-8,15-16H,3-4,9-13H2,1-2H3. The zero-order chi connectivity index (χ0) is 17.2. The van der Waals surface area contributed by atoms with Gasteiger partial charge >= 0.3 is 0 Å². The molecule has 6 nitrogen and oxygen atoms in total. The first kappa shape index (κ1) is 16.5. The lowest BCUT2D eigenvalue weighted by Gasteiger charge is -2.32. The number of aromatic nitrogens is 3. The summed E-state index contributed by atoms with van der Waals surface area (Å²) >= 11 is 0. The highest BCUT2D eigenvalue weighted by Crippen LogP contribution is 2.31. The third-order valence-electron chi connectivity index (χ3n) is 5.12. The topological polar surface area (TPSA) is 52.4 Å². The van der Waals surface area contributed by atoms with Gasteiger partial charge < -0.3 is 9.47 Å². The Hall–Kier alpha value is -1.92. The van der Waals surface area contributed by atoms with E-state index in [-0.39, 0.29) is 0 Å². The Morgan fingerprint density at radius 2 is 1.96 bits per heavy atom. The average Bonchev–Trinajstić information content (AvgIpc) is 3.37.